The van der Waals surface area contributed by atoms with Gasteiger partial charge in [-0.2, -0.15) is 18.3 Å². The lowest BCUT2D eigenvalue weighted by Gasteiger charge is -2.10. The van der Waals surface area contributed by atoms with Crippen LogP contribution in [0.1, 0.15) is 23.1 Å². The number of nitrogens with one attached hydrogen (secondary N) is 1. The molecule has 0 aliphatic heterocycles. The lowest BCUT2D eigenvalue weighted by Crippen LogP contribution is -2.15. The number of alkyl halides is 3. The zero-order chi connectivity index (χ0) is 15.6. The Balaban J connectivity index is 2.50. The van der Waals surface area contributed by atoms with Gasteiger partial charge in [-0.3, -0.25) is 4.79 Å². The summed E-state index contributed by atoms with van der Waals surface area (Å²) in [4.78, 5) is 17.8. The Morgan fingerprint density at radius 1 is 1.43 bits per heavy atom. The molecular weight excluding hydrogens is 289 g/mol. The summed E-state index contributed by atoms with van der Waals surface area (Å²) in [6, 6.07) is 1.29. The summed E-state index contributed by atoms with van der Waals surface area (Å²) in [6.07, 6.45) is -2.36. The summed E-state index contributed by atoms with van der Waals surface area (Å²) in [5.41, 5.74) is 5.13. The van der Waals surface area contributed by atoms with Crippen molar-refractivity contribution in [2.45, 2.75) is 13.1 Å². The van der Waals surface area contributed by atoms with Crippen LogP contribution in [-0.4, -0.2) is 32.2 Å². The minimum Gasteiger partial charge on any atom is -0.370 e. The minimum atomic E-state index is -4.69. The van der Waals surface area contributed by atoms with E-state index in [1.807, 2.05) is 0 Å². The molecule has 0 radical (unpaired) electrons. The third-order valence-electron chi connectivity index (χ3n) is 2.43. The van der Waals surface area contributed by atoms with E-state index in [2.05, 4.69) is 20.4 Å². The summed E-state index contributed by atoms with van der Waals surface area (Å²) in [7, 11) is 0. The van der Waals surface area contributed by atoms with E-state index < -0.39 is 17.9 Å². The van der Waals surface area contributed by atoms with Gasteiger partial charge in [-0.1, -0.05) is 0 Å². The highest BCUT2D eigenvalue weighted by molar-refractivity contribution is 5.92. The lowest BCUT2D eigenvalue weighted by atomic mass is 10.3. The van der Waals surface area contributed by atoms with Crippen molar-refractivity contribution in [2.75, 3.05) is 11.9 Å². The Hall–Kier alpha value is -2.65. The first kappa shape index (κ1) is 14.8. The predicted octanol–water partition coefficient (Wildman–Crippen LogP) is 1.21. The summed E-state index contributed by atoms with van der Waals surface area (Å²) in [6.45, 7) is 2.10. The smallest absolute Gasteiger partial charge is 0.370 e. The molecule has 0 fully saturated rings. The highest BCUT2D eigenvalue weighted by Gasteiger charge is 2.35. The molecule has 112 valence electrons. The van der Waals surface area contributed by atoms with Crippen molar-refractivity contribution in [1.82, 2.24) is 19.7 Å². The second-order valence-corrected chi connectivity index (χ2v) is 4.00. The highest BCUT2D eigenvalue weighted by Crippen LogP contribution is 2.27. The molecule has 2 aromatic rings. The molecule has 7 nitrogen and oxygen atoms in total. The summed E-state index contributed by atoms with van der Waals surface area (Å²) in [5, 5.41) is 6.44. The first-order chi connectivity index (χ1) is 9.81. The van der Waals surface area contributed by atoms with Crippen molar-refractivity contribution in [2.24, 2.45) is 5.73 Å². The number of anilines is 1. The number of halogens is 3. The maximum Gasteiger partial charge on any atom is 0.451 e. The standard InChI is InChI=1S/C11H11F3N6O/c1-2-16-7-3-8(19-10(18-7)11(12,13)14)20-5-6(4-17-20)9(15)21/h3-5H,2H2,1H3,(H2,15,21)(H,16,18,19). The number of rotatable bonds is 4. The molecule has 2 heterocycles. The van der Waals surface area contributed by atoms with E-state index in [1.54, 1.807) is 6.92 Å². The predicted molar refractivity (Wildman–Crippen MR) is 66.8 cm³/mol. The number of primary amides is 1. The molecule has 2 aromatic heterocycles. The zero-order valence-electron chi connectivity index (χ0n) is 10.8. The Labute approximate surface area is 117 Å². The Morgan fingerprint density at radius 3 is 2.67 bits per heavy atom. The second kappa shape index (κ2) is 5.38. The van der Waals surface area contributed by atoms with E-state index in [9.17, 15) is 18.0 Å². The van der Waals surface area contributed by atoms with Crippen molar-refractivity contribution < 1.29 is 18.0 Å². The first-order valence-electron chi connectivity index (χ1n) is 5.86. The van der Waals surface area contributed by atoms with Gasteiger partial charge in [0.05, 0.1) is 11.8 Å². The number of nitrogens with zero attached hydrogens (tertiary/aromatic N) is 4. The topological polar surface area (TPSA) is 98.7 Å². The largest absolute Gasteiger partial charge is 0.451 e. The van der Waals surface area contributed by atoms with Crippen LogP contribution >= 0.6 is 0 Å². The summed E-state index contributed by atoms with van der Waals surface area (Å²) >= 11 is 0. The number of hydrogen-bond acceptors (Lipinski definition) is 5. The van der Waals surface area contributed by atoms with Crippen molar-refractivity contribution in [3.63, 3.8) is 0 Å². The van der Waals surface area contributed by atoms with Gasteiger partial charge in [0.1, 0.15) is 5.82 Å². The van der Waals surface area contributed by atoms with Crippen LogP contribution in [0, 0.1) is 0 Å². The van der Waals surface area contributed by atoms with E-state index >= 15 is 0 Å². The first-order valence-corrected chi connectivity index (χ1v) is 5.86. The third kappa shape index (κ3) is 3.27. The van der Waals surface area contributed by atoms with E-state index in [4.69, 9.17) is 5.73 Å². The number of amides is 1. The fourth-order valence-electron chi connectivity index (χ4n) is 1.53. The molecule has 0 atom stereocenters. The molecule has 3 N–H and O–H groups in total. The molecule has 0 bridgehead atoms. The SMILES string of the molecule is CCNc1cc(-n2cc(C(N)=O)cn2)nc(C(F)(F)F)n1. The van der Waals surface area contributed by atoms with Crippen LogP contribution in [0.2, 0.25) is 0 Å². The van der Waals surface area contributed by atoms with Gasteiger partial charge in [0, 0.05) is 18.8 Å². The fraction of sp³-hybridized carbons (Fsp3) is 0.273. The van der Waals surface area contributed by atoms with E-state index in [0.717, 1.165) is 10.9 Å². The number of aromatic nitrogens is 4. The zero-order valence-corrected chi connectivity index (χ0v) is 10.8. The molecule has 10 heteroatoms. The van der Waals surface area contributed by atoms with Gasteiger partial charge in [0.2, 0.25) is 5.82 Å². The highest BCUT2D eigenvalue weighted by atomic mass is 19.4. The number of carbonyl (C=O) groups is 1. The van der Waals surface area contributed by atoms with Crippen molar-refractivity contribution >= 4 is 11.7 Å². The molecule has 0 aliphatic rings. The van der Waals surface area contributed by atoms with Gasteiger partial charge in [-0.25, -0.2) is 14.6 Å². The number of hydrogen-bond donors (Lipinski definition) is 2. The summed E-state index contributed by atoms with van der Waals surface area (Å²) in [5.74, 6) is -2.16. The molecule has 0 spiro atoms. The minimum absolute atomic E-state index is 0.00551. The van der Waals surface area contributed by atoms with Crippen molar-refractivity contribution in [3.8, 4) is 5.82 Å². The van der Waals surface area contributed by atoms with Gasteiger partial charge in [-0.05, 0) is 6.92 Å². The maximum atomic E-state index is 12.8. The monoisotopic (exact) mass is 300 g/mol. The molecule has 0 unspecified atom stereocenters. The van der Waals surface area contributed by atoms with Gasteiger partial charge in [0.25, 0.3) is 5.91 Å². The lowest BCUT2D eigenvalue weighted by molar-refractivity contribution is -0.144. The Bertz CT molecular complexity index is 666. The Kier molecular flexibility index (Phi) is 3.78. The number of nitrogens with two attached hydrogens (primary N) is 1. The molecule has 21 heavy (non-hydrogen) atoms. The fourth-order valence-corrected chi connectivity index (χ4v) is 1.53. The van der Waals surface area contributed by atoms with E-state index in [1.165, 1.54) is 12.3 Å². The van der Waals surface area contributed by atoms with Crippen molar-refractivity contribution in [3.05, 3.63) is 29.8 Å². The average molecular weight is 300 g/mol. The van der Waals surface area contributed by atoms with Gasteiger partial charge in [-0.15, -0.1) is 0 Å². The van der Waals surface area contributed by atoms with Crippen LogP contribution in [0.5, 0.6) is 0 Å². The average Bonchev–Trinajstić information content (AvgIpc) is 2.87. The van der Waals surface area contributed by atoms with Gasteiger partial charge < -0.3 is 11.1 Å². The number of carbonyl (C=O) groups excluding carboxylic acids is 1. The van der Waals surface area contributed by atoms with E-state index in [-0.39, 0.29) is 17.2 Å². The molecule has 0 aliphatic carbocycles. The second-order valence-electron chi connectivity index (χ2n) is 4.00. The molecule has 2 rings (SSSR count). The summed E-state index contributed by atoms with van der Waals surface area (Å²) < 4.78 is 39.4. The molecular formula is C11H11F3N6O. The van der Waals surface area contributed by atoms with Crippen LogP contribution < -0.4 is 11.1 Å². The third-order valence-corrected chi connectivity index (χ3v) is 2.43. The van der Waals surface area contributed by atoms with Crippen LogP contribution in [0.15, 0.2) is 18.5 Å². The molecule has 0 aromatic carbocycles. The normalized spacial score (nSPS) is 11.4. The molecule has 0 saturated heterocycles. The Morgan fingerprint density at radius 2 is 2.14 bits per heavy atom. The van der Waals surface area contributed by atoms with Gasteiger partial charge in [0.15, 0.2) is 5.82 Å². The molecule has 1 amide bonds. The van der Waals surface area contributed by atoms with E-state index in [0.29, 0.717) is 6.54 Å². The van der Waals surface area contributed by atoms with Crippen LogP contribution in [0.4, 0.5) is 19.0 Å². The quantitative estimate of drug-likeness (QED) is 0.884. The van der Waals surface area contributed by atoms with Crippen LogP contribution in [0.3, 0.4) is 0 Å². The van der Waals surface area contributed by atoms with Crippen molar-refractivity contribution in [1.29, 1.82) is 0 Å². The van der Waals surface area contributed by atoms with Crippen LogP contribution in [-0.2, 0) is 6.18 Å². The van der Waals surface area contributed by atoms with Crippen LogP contribution in [0.25, 0.3) is 5.82 Å². The maximum absolute atomic E-state index is 12.8. The molecule has 0 saturated carbocycles. The van der Waals surface area contributed by atoms with Gasteiger partial charge >= 0.3 is 6.18 Å².